The molecular weight excluding hydrogens is 437 g/mol. The first-order valence-corrected chi connectivity index (χ1v) is 11.3. The van der Waals surface area contributed by atoms with Gasteiger partial charge >= 0.3 is 0 Å². The van der Waals surface area contributed by atoms with Crippen LogP contribution in [0.5, 0.6) is 0 Å². The smallest absolute Gasteiger partial charge is 0.240 e. The number of aromatic nitrogens is 2. The molecule has 0 spiro atoms. The van der Waals surface area contributed by atoms with E-state index in [2.05, 4.69) is 14.7 Å². The maximum Gasteiger partial charge on any atom is 0.240 e. The third kappa shape index (κ3) is 5.45. The lowest BCUT2D eigenvalue weighted by molar-refractivity contribution is 0.0975. The van der Waals surface area contributed by atoms with Crippen molar-refractivity contribution in [2.45, 2.75) is 30.7 Å². The average Bonchev–Trinajstić information content (AvgIpc) is 3.24. The van der Waals surface area contributed by atoms with Crippen molar-refractivity contribution in [2.75, 3.05) is 0 Å². The zero-order valence-corrected chi connectivity index (χ0v) is 17.7. The van der Waals surface area contributed by atoms with Gasteiger partial charge in [0, 0.05) is 29.3 Å². The molecule has 3 aromatic rings. The van der Waals surface area contributed by atoms with Crippen LogP contribution < -0.4 is 4.72 Å². The van der Waals surface area contributed by atoms with E-state index in [1.165, 1.54) is 17.5 Å². The second kappa shape index (κ2) is 9.08. The quantitative estimate of drug-likeness (QED) is 0.516. The number of carbonyl (C=O) groups excluding carboxylic acids is 1. The number of hydrogen-bond acceptors (Lipinski definition) is 6. The molecule has 3 rings (SSSR count). The highest BCUT2D eigenvalue weighted by Crippen LogP contribution is 2.24. The highest BCUT2D eigenvalue weighted by Gasteiger charge is 2.17. The van der Waals surface area contributed by atoms with Crippen molar-refractivity contribution >= 4 is 38.7 Å². The Balaban J connectivity index is 1.61. The fraction of sp³-hybridized carbons (Fsp3) is 0.211. The number of hydrogen-bond donors (Lipinski definition) is 1. The Hall–Kier alpha value is -2.20. The number of nitrogens with one attached hydrogen (secondary N) is 1. The average molecular weight is 454 g/mol. The number of halogens is 2. The molecule has 0 aliphatic rings. The molecule has 0 fully saturated rings. The van der Waals surface area contributed by atoms with Crippen LogP contribution in [0.4, 0.5) is 4.39 Å². The summed E-state index contributed by atoms with van der Waals surface area (Å²) in [6.45, 7) is 1.88. The number of thiazole rings is 1. The van der Waals surface area contributed by atoms with E-state index in [1.807, 2.05) is 6.92 Å². The molecule has 1 atom stereocenters. The lowest BCUT2D eigenvalue weighted by Crippen LogP contribution is -2.23. The summed E-state index contributed by atoms with van der Waals surface area (Å²) in [4.78, 5) is 21.5. The number of sulfonamides is 1. The number of benzene rings is 1. The van der Waals surface area contributed by atoms with Gasteiger partial charge in [-0.2, -0.15) is 0 Å². The van der Waals surface area contributed by atoms with Gasteiger partial charge in [0.15, 0.2) is 5.78 Å². The standard InChI is InChI=1S/C19H17ClFN3O3S2/c1-12(19-10-22-11-28-19)6-18(25)13-2-3-14(23-8-13)9-24-29(26,27)15-4-5-17(21)16(20)7-15/h2-5,7-8,10-12,24H,6,9H2,1H3/t12-/m0/s1. The van der Waals surface area contributed by atoms with E-state index in [0.29, 0.717) is 17.7 Å². The molecular formula is C19H17ClFN3O3S2. The molecule has 1 aromatic carbocycles. The van der Waals surface area contributed by atoms with Crippen LogP contribution in [0.3, 0.4) is 0 Å². The van der Waals surface area contributed by atoms with Crippen molar-refractivity contribution in [1.29, 1.82) is 0 Å². The SMILES string of the molecule is C[C@@H](CC(=O)c1ccc(CNS(=O)(=O)c2ccc(F)c(Cl)c2)nc1)c1cncs1. The highest BCUT2D eigenvalue weighted by molar-refractivity contribution is 7.89. The topological polar surface area (TPSA) is 89.0 Å². The minimum absolute atomic E-state index is 0.0496. The Morgan fingerprint density at radius 3 is 2.69 bits per heavy atom. The van der Waals surface area contributed by atoms with Crippen molar-refractivity contribution < 1.29 is 17.6 Å². The van der Waals surface area contributed by atoms with E-state index < -0.39 is 15.8 Å². The molecule has 0 aliphatic heterocycles. The fourth-order valence-electron chi connectivity index (χ4n) is 2.56. The second-order valence-corrected chi connectivity index (χ2v) is 9.46. The molecule has 0 saturated heterocycles. The number of nitrogens with zero attached hydrogens (tertiary/aromatic N) is 2. The molecule has 0 bridgehead atoms. The predicted octanol–water partition coefficient (Wildman–Crippen LogP) is 4.19. The van der Waals surface area contributed by atoms with Gasteiger partial charge in [0.1, 0.15) is 5.82 Å². The number of Topliss-reactive ketones (excluding diaryl/α,β-unsaturated/α-hetero) is 1. The molecule has 0 saturated carbocycles. The summed E-state index contributed by atoms with van der Waals surface area (Å²) in [6.07, 6.45) is 3.52. The van der Waals surface area contributed by atoms with Gasteiger partial charge in [0.25, 0.3) is 0 Å². The van der Waals surface area contributed by atoms with Gasteiger partial charge in [0.2, 0.25) is 10.0 Å². The van der Waals surface area contributed by atoms with Gasteiger partial charge in [-0.05, 0) is 36.2 Å². The van der Waals surface area contributed by atoms with Gasteiger partial charge in [-0.1, -0.05) is 18.5 Å². The lowest BCUT2D eigenvalue weighted by atomic mass is 10.00. The van der Waals surface area contributed by atoms with Crippen LogP contribution in [-0.2, 0) is 16.6 Å². The summed E-state index contributed by atoms with van der Waals surface area (Å²) in [5, 5.41) is -0.276. The molecule has 1 N–H and O–H groups in total. The Morgan fingerprint density at radius 1 is 1.28 bits per heavy atom. The Kier molecular flexibility index (Phi) is 6.74. The molecule has 152 valence electrons. The zero-order chi connectivity index (χ0) is 21.0. The summed E-state index contributed by atoms with van der Waals surface area (Å²) in [5.74, 6) is -0.687. The maximum absolute atomic E-state index is 13.2. The summed E-state index contributed by atoms with van der Waals surface area (Å²) >= 11 is 7.14. The molecule has 2 heterocycles. The van der Waals surface area contributed by atoms with Crippen molar-refractivity contribution in [3.63, 3.8) is 0 Å². The summed E-state index contributed by atoms with van der Waals surface area (Å²) in [7, 11) is -3.88. The van der Waals surface area contributed by atoms with E-state index in [1.54, 1.807) is 23.8 Å². The minimum Gasteiger partial charge on any atom is -0.294 e. The summed E-state index contributed by atoms with van der Waals surface area (Å²) in [5.41, 5.74) is 2.63. The molecule has 0 radical (unpaired) electrons. The highest BCUT2D eigenvalue weighted by atomic mass is 35.5. The molecule has 2 aromatic heterocycles. The van der Waals surface area contributed by atoms with Crippen LogP contribution >= 0.6 is 22.9 Å². The second-order valence-electron chi connectivity index (χ2n) is 6.37. The summed E-state index contributed by atoms with van der Waals surface area (Å²) < 4.78 is 40.2. The first-order valence-electron chi connectivity index (χ1n) is 8.57. The zero-order valence-electron chi connectivity index (χ0n) is 15.3. The van der Waals surface area contributed by atoms with E-state index >= 15 is 0 Å². The van der Waals surface area contributed by atoms with Crippen molar-refractivity contribution in [1.82, 2.24) is 14.7 Å². The number of carbonyl (C=O) groups is 1. The Bertz CT molecular complexity index is 1100. The first-order chi connectivity index (χ1) is 13.8. The van der Waals surface area contributed by atoms with Gasteiger partial charge in [-0.25, -0.2) is 17.5 Å². The monoisotopic (exact) mass is 453 g/mol. The van der Waals surface area contributed by atoms with E-state index in [0.717, 1.165) is 23.1 Å². The molecule has 0 amide bonds. The number of ketones is 1. The molecule has 0 aliphatic carbocycles. The normalized spacial score (nSPS) is 12.7. The van der Waals surface area contributed by atoms with Crippen LogP contribution in [0.25, 0.3) is 0 Å². The molecule has 29 heavy (non-hydrogen) atoms. The first kappa shape index (κ1) is 21.5. The minimum atomic E-state index is -3.88. The molecule has 6 nitrogen and oxygen atoms in total. The number of rotatable bonds is 8. The van der Waals surface area contributed by atoms with Gasteiger partial charge in [0.05, 0.1) is 27.7 Å². The fourth-order valence-corrected chi connectivity index (χ4v) is 4.51. The Morgan fingerprint density at radius 2 is 2.07 bits per heavy atom. The number of pyridine rings is 1. The molecule has 0 unspecified atom stereocenters. The third-order valence-electron chi connectivity index (χ3n) is 4.22. The van der Waals surface area contributed by atoms with E-state index in [4.69, 9.17) is 11.6 Å². The van der Waals surface area contributed by atoms with E-state index in [-0.39, 0.29) is 28.2 Å². The predicted molar refractivity (Wildman–Crippen MR) is 109 cm³/mol. The maximum atomic E-state index is 13.2. The van der Waals surface area contributed by atoms with Crippen molar-refractivity contribution in [2.24, 2.45) is 0 Å². The van der Waals surface area contributed by atoms with Gasteiger partial charge < -0.3 is 0 Å². The lowest BCUT2D eigenvalue weighted by Gasteiger charge is -2.09. The third-order valence-corrected chi connectivity index (χ3v) is 6.92. The van der Waals surface area contributed by atoms with Crippen LogP contribution in [0.1, 0.15) is 40.2 Å². The van der Waals surface area contributed by atoms with Gasteiger partial charge in [-0.3, -0.25) is 14.8 Å². The van der Waals surface area contributed by atoms with Crippen LogP contribution in [0, 0.1) is 5.82 Å². The van der Waals surface area contributed by atoms with Gasteiger partial charge in [-0.15, -0.1) is 11.3 Å². The van der Waals surface area contributed by atoms with Crippen LogP contribution in [-0.4, -0.2) is 24.2 Å². The molecule has 10 heteroatoms. The largest absolute Gasteiger partial charge is 0.294 e. The van der Waals surface area contributed by atoms with Crippen LogP contribution in [0.15, 0.2) is 53.1 Å². The van der Waals surface area contributed by atoms with E-state index in [9.17, 15) is 17.6 Å². The van der Waals surface area contributed by atoms with Crippen LogP contribution in [0.2, 0.25) is 5.02 Å². The Labute approximate surface area is 176 Å². The summed E-state index contributed by atoms with van der Waals surface area (Å²) in [6, 6.07) is 6.36. The van der Waals surface area contributed by atoms with Crippen molar-refractivity contribution in [3.8, 4) is 0 Å². The van der Waals surface area contributed by atoms with Crippen molar-refractivity contribution in [3.05, 3.63) is 75.2 Å².